The van der Waals surface area contributed by atoms with Gasteiger partial charge < -0.3 is 14.6 Å². The predicted octanol–water partition coefficient (Wildman–Crippen LogP) is 3.90. The van der Waals surface area contributed by atoms with Crippen LogP contribution >= 0.6 is 11.8 Å². The van der Waals surface area contributed by atoms with E-state index >= 15 is 0 Å². The van der Waals surface area contributed by atoms with Crippen molar-refractivity contribution < 1.29 is 9.53 Å². The van der Waals surface area contributed by atoms with Gasteiger partial charge >= 0.3 is 0 Å². The molecule has 146 valence electrons. The average molecular weight is 389 g/mol. The molecule has 0 unspecified atom stereocenters. The summed E-state index contributed by atoms with van der Waals surface area (Å²) in [6, 6.07) is 8.11. The third kappa shape index (κ3) is 5.25. The van der Waals surface area contributed by atoms with Gasteiger partial charge in [-0.1, -0.05) is 37.4 Å². The van der Waals surface area contributed by atoms with E-state index in [2.05, 4.69) is 22.4 Å². The number of nitrogens with zero attached hydrogens (tertiary/aromatic N) is 3. The van der Waals surface area contributed by atoms with E-state index in [4.69, 9.17) is 4.74 Å². The molecule has 1 aliphatic carbocycles. The minimum absolute atomic E-state index is 0.0866. The van der Waals surface area contributed by atoms with Crippen molar-refractivity contribution in [1.82, 2.24) is 20.1 Å². The Kier molecular flexibility index (Phi) is 7.15. The van der Waals surface area contributed by atoms with Crippen molar-refractivity contribution in [1.29, 1.82) is 0 Å². The Balaban J connectivity index is 1.61. The number of hydrogen-bond donors (Lipinski definition) is 1. The molecule has 0 bridgehead atoms. The molecule has 1 aliphatic rings. The van der Waals surface area contributed by atoms with Gasteiger partial charge in [0.05, 0.1) is 12.9 Å². The first kappa shape index (κ1) is 19.7. The quantitative estimate of drug-likeness (QED) is 0.575. The molecule has 0 saturated heterocycles. The standard InChI is InChI=1S/C20H28N4O2S/c1-3-24-19(15-10-12-17(26-2)13-11-15)22-23-20(24)27-14-18(25)21-16-8-6-4-5-7-9-16/h10-13,16H,3-9,14H2,1-2H3,(H,21,25). The van der Waals surface area contributed by atoms with E-state index in [-0.39, 0.29) is 5.91 Å². The number of rotatable bonds is 7. The van der Waals surface area contributed by atoms with Gasteiger partial charge in [0, 0.05) is 18.2 Å². The lowest BCUT2D eigenvalue weighted by Crippen LogP contribution is -2.35. The largest absolute Gasteiger partial charge is 0.497 e. The highest BCUT2D eigenvalue weighted by molar-refractivity contribution is 7.99. The molecule has 1 N–H and O–H groups in total. The summed E-state index contributed by atoms with van der Waals surface area (Å²) in [5.41, 5.74) is 0.986. The van der Waals surface area contributed by atoms with Crippen LogP contribution in [0.25, 0.3) is 11.4 Å². The summed E-state index contributed by atoms with van der Waals surface area (Å²) in [4.78, 5) is 12.3. The first-order chi connectivity index (χ1) is 13.2. The van der Waals surface area contributed by atoms with Crippen LogP contribution in [-0.2, 0) is 11.3 Å². The first-order valence-electron chi connectivity index (χ1n) is 9.71. The van der Waals surface area contributed by atoms with Crippen LogP contribution in [0.5, 0.6) is 5.75 Å². The normalized spacial score (nSPS) is 15.3. The van der Waals surface area contributed by atoms with E-state index in [1.165, 1.54) is 37.4 Å². The lowest BCUT2D eigenvalue weighted by Gasteiger charge is -2.16. The van der Waals surface area contributed by atoms with Crippen molar-refractivity contribution in [3.05, 3.63) is 24.3 Å². The fraction of sp³-hybridized carbons (Fsp3) is 0.550. The van der Waals surface area contributed by atoms with Crippen LogP contribution in [0, 0.1) is 0 Å². The number of methoxy groups -OCH3 is 1. The van der Waals surface area contributed by atoms with Gasteiger partial charge in [-0.2, -0.15) is 0 Å². The molecule has 0 aliphatic heterocycles. The molecular formula is C20H28N4O2S. The Labute approximate surface area is 165 Å². The van der Waals surface area contributed by atoms with Crippen molar-refractivity contribution in [3.63, 3.8) is 0 Å². The first-order valence-corrected chi connectivity index (χ1v) is 10.7. The Morgan fingerprint density at radius 1 is 1.19 bits per heavy atom. The molecule has 0 spiro atoms. The molecule has 3 rings (SSSR count). The van der Waals surface area contributed by atoms with Crippen LogP contribution in [0.15, 0.2) is 29.4 Å². The lowest BCUT2D eigenvalue weighted by atomic mass is 10.1. The molecule has 1 fully saturated rings. The topological polar surface area (TPSA) is 69.0 Å². The monoisotopic (exact) mass is 388 g/mol. The van der Waals surface area contributed by atoms with Crippen LogP contribution < -0.4 is 10.1 Å². The molecular weight excluding hydrogens is 360 g/mol. The van der Waals surface area contributed by atoms with Crippen molar-refractivity contribution in [2.45, 2.75) is 63.2 Å². The average Bonchev–Trinajstić information content (AvgIpc) is 2.94. The summed E-state index contributed by atoms with van der Waals surface area (Å²) in [5.74, 6) is 2.08. The number of carbonyl (C=O) groups is 1. The highest BCUT2D eigenvalue weighted by atomic mass is 32.2. The smallest absolute Gasteiger partial charge is 0.230 e. The maximum atomic E-state index is 12.3. The van der Waals surface area contributed by atoms with Crippen LogP contribution in [0.3, 0.4) is 0 Å². The summed E-state index contributed by atoms with van der Waals surface area (Å²) in [6.07, 6.45) is 7.21. The molecule has 1 aromatic carbocycles. The van der Waals surface area contributed by atoms with Gasteiger partial charge in [0.1, 0.15) is 5.75 Å². The summed E-state index contributed by atoms with van der Waals surface area (Å²) in [6.45, 7) is 2.81. The van der Waals surface area contributed by atoms with E-state index in [0.29, 0.717) is 11.8 Å². The van der Waals surface area contributed by atoms with Crippen LogP contribution in [0.2, 0.25) is 0 Å². The Bertz CT molecular complexity index is 737. The summed E-state index contributed by atoms with van der Waals surface area (Å²) in [7, 11) is 1.65. The number of carbonyl (C=O) groups excluding carboxylic acids is 1. The zero-order valence-electron chi connectivity index (χ0n) is 16.1. The SMILES string of the molecule is CCn1c(SCC(=O)NC2CCCCCC2)nnc1-c1ccc(OC)cc1. The number of aromatic nitrogens is 3. The molecule has 27 heavy (non-hydrogen) atoms. The van der Waals surface area contributed by atoms with Crippen molar-refractivity contribution in [2.24, 2.45) is 0 Å². The molecule has 0 radical (unpaired) electrons. The Hall–Kier alpha value is -2.02. The third-order valence-corrected chi connectivity index (χ3v) is 5.90. The summed E-state index contributed by atoms with van der Waals surface area (Å²) >= 11 is 1.45. The highest BCUT2D eigenvalue weighted by Crippen LogP contribution is 2.25. The molecule has 2 aromatic rings. The van der Waals surface area contributed by atoms with E-state index in [9.17, 15) is 4.79 Å². The maximum absolute atomic E-state index is 12.3. The van der Waals surface area contributed by atoms with E-state index < -0.39 is 0 Å². The molecule has 1 saturated carbocycles. The fourth-order valence-electron chi connectivity index (χ4n) is 3.46. The van der Waals surface area contributed by atoms with Crippen LogP contribution in [-0.4, -0.2) is 39.6 Å². The number of thioether (sulfide) groups is 1. The second-order valence-electron chi connectivity index (χ2n) is 6.82. The van der Waals surface area contributed by atoms with E-state index in [1.807, 2.05) is 28.8 Å². The fourth-order valence-corrected chi connectivity index (χ4v) is 4.27. The lowest BCUT2D eigenvalue weighted by molar-refractivity contribution is -0.119. The zero-order valence-corrected chi connectivity index (χ0v) is 16.9. The second-order valence-corrected chi connectivity index (χ2v) is 7.77. The van der Waals surface area contributed by atoms with Crippen molar-refractivity contribution >= 4 is 17.7 Å². The van der Waals surface area contributed by atoms with Gasteiger partial charge in [0.2, 0.25) is 5.91 Å². The maximum Gasteiger partial charge on any atom is 0.230 e. The Morgan fingerprint density at radius 2 is 1.89 bits per heavy atom. The molecule has 1 aromatic heterocycles. The highest BCUT2D eigenvalue weighted by Gasteiger charge is 2.17. The van der Waals surface area contributed by atoms with Gasteiger partial charge in [0.15, 0.2) is 11.0 Å². The number of amides is 1. The third-order valence-electron chi connectivity index (χ3n) is 4.93. The van der Waals surface area contributed by atoms with Gasteiger partial charge in [-0.05, 0) is 44.0 Å². The summed E-state index contributed by atoms with van der Waals surface area (Å²) < 4.78 is 7.26. The second kappa shape index (κ2) is 9.78. The molecule has 1 amide bonds. The number of hydrogen-bond acceptors (Lipinski definition) is 5. The van der Waals surface area contributed by atoms with Gasteiger partial charge in [-0.25, -0.2) is 0 Å². The Morgan fingerprint density at radius 3 is 2.52 bits per heavy atom. The van der Waals surface area contributed by atoms with Gasteiger partial charge in [0.25, 0.3) is 0 Å². The van der Waals surface area contributed by atoms with Crippen LogP contribution in [0.1, 0.15) is 45.4 Å². The molecule has 6 nitrogen and oxygen atoms in total. The molecule has 0 atom stereocenters. The van der Waals surface area contributed by atoms with Gasteiger partial charge in [-0.3, -0.25) is 4.79 Å². The van der Waals surface area contributed by atoms with E-state index in [0.717, 1.165) is 41.7 Å². The minimum atomic E-state index is 0.0866. The van der Waals surface area contributed by atoms with E-state index in [1.54, 1.807) is 7.11 Å². The minimum Gasteiger partial charge on any atom is -0.497 e. The zero-order chi connectivity index (χ0) is 19.1. The van der Waals surface area contributed by atoms with Crippen molar-refractivity contribution in [3.8, 4) is 17.1 Å². The van der Waals surface area contributed by atoms with Crippen molar-refractivity contribution in [2.75, 3.05) is 12.9 Å². The number of ether oxygens (including phenoxy) is 1. The van der Waals surface area contributed by atoms with Gasteiger partial charge in [-0.15, -0.1) is 10.2 Å². The molecule has 7 heteroatoms. The van der Waals surface area contributed by atoms with Crippen LogP contribution in [0.4, 0.5) is 0 Å². The molecule has 1 heterocycles. The predicted molar refractivity (Wildman–Crippen MR) is 108 cm³/mol. The number of benzene rings is 1. The summed E-state index contributed by atoms with van der Waals surface area (Å²) in [5, 5.41) is 12.6. The number of nitrogens with one attached hydrogen (secondary N) is 1.